The molecule has 0 radical (unpaired) electrons. The Morgan fingerprint density at radius 1 is 0.362 bits per heavy atom. The van der Waals surface area contributed by atoms with Gasteiger partial charge in [0.1, 0.15) is 0 Å². The maximum absolute atomic E-state index is 2.57. The summed E-state index contributed by atoms with van der Waals surface area (Å²) in [6.07, 6.45) is 6.25. The maximum Gasteiger partial charge on any atom is 0.0540 e. The average molecular weight is 746 g/mol. The molecule has 1 spiro atoms. The number of hydrogen-bond donors (Lipinski definition) is 0. The molecule has 280 valence electrons. The van der Waals surface area contributed by atoms with Gasteiger partial charge in [0.05, 0.1) is 5.69 Å². The lowest BCUT2D eigenvalue weighted by Crippen LogP contribution is -2.28. The molecular formula is C57H47N. The Kier molecular flexibility index (Phi) is 8.15. The third-order valence-corrected chi connectivity index (χ3v) is 13.7. The van der Waals surface area contributed by atoms with Crippen molar-refractivity contribution >= 4 is 17.1 Å². The van der Waals surface area contributed by atoms with Gasteiger partial charge in [-0.15, -0.1) is 0 Å². The molecule has 0 heterocycles. The largest absolute Gasteiger partial charge is 0.310 e. The van der Waals surface area contributed by atoms with Gasteiger partial charge in [0.2, 0.25) is 0 Å². The van der Waals surface area contributed by atoms with E-state index < -0.39 is 0 Å². The van der Waals surface area contributed by atoms with Crippen molar-refractivity contribution in [3.05, 3.63) is 210 Å². The SMILES string of the molecule is CC1(C)c2ccccc2-c2cccc(-c3ccccc3N(c3ccc(-c4ccccc4)c(-c4ccccc4)c3)c3ccc4c(c3)C3(CCCCC3)c3ccccc3-4)c21. The predicted octanol–water partition coefficient (Wildman–Crippen LogP) is 15.7. The molecule has 1 saturated carbocycles. The Hall–Kier alpha value is -6.44. The molecule has 3 aliphatic carbocycles. The van der Waals surface area contributed by atoms with Gasteiger partial charge in [-0.3, -0.25) is 0 Å². The molecule has 0 aliphatic heterocycles. The van der Waals surface area contributed by atoms with Crippen molar-refractivity contribution in [2.45, 2.75) is 56.8 Å². The average Bonchev–Trinajstić information content (AvgIpc) is 3.69. The van der Waals surface area contributed by atoms with Crippen LogP contribution < -0.4 is 4.90 Å². The summed E-state index contributed by atoms with van der Waals surface area (Å²) in [4.78, 5) is 2.56. The van der Waals surface area contributed by atoms with E-state index in [0.717, 1.165) is 5.69 Å². The highest BCUT2D eigenvalue weighted by Gasteiger charge is 2.44. The van der Waals surface area contributed by atoms with Gasteiger partial charge in [-0.25, -0.2) is 0 Å². The third-order valence-electron chi connectivity index (χ3n) is 13.7. The Morgan fingerprint density at radius 3 is 1.57 bits per heavy atom. The summed E-state index contributed by atoms with van der Waals surface area (Å²) in [7, 11) is 0. The first kappa shape index (κ1) is 34.8. The maximum atomic E-state index is 2.57. The second-order valence-corrected chi connectivity index (χ2v) is 17.1. The van der Waals surface area contributed by atoms with Crippen LogP contribution in [-0.2, 0) is 10.8 Å². The standard InChI is InChI=1S/C57H47N/c1-56(2)51-28-13-10-24-45(51)48-26-18-27-49(55(48)56)47-25-12-15-30-54(47)58(41-31-33-43(39-19-6-3-7-20-39)50(37-41)40-21-8-4-9-22-40)42-32-34-46-44-23-11-14-29-52(44)57(53(46)38-42)35-16-5-17-36-57/h3-4,6-15,18-34,37-38H,5,16-17,35-36H2,1-2H3. The zero-order valence-electron chi connectivity index (χ0n) is 33.4. The molecule has 3 aliphatic rings. The zero-order valence-corrected chi connectivity index (χ0v) is 33.4. The number of fused-ring (bicyclic) bond motifs is 8. The first-order valence-electron chi connectivity index (χ1n) is 21.2. The van der Waals surface area contributed by atoms with Crippen LogP contribution in [0.15, 0.2) is 188 Å². The van der Waals surface area contributed by atoms with E-state index in [1.165, 1.54) is 121 Å². The normalized spacial score (nSPS) is 15.3. The van der Waals surface area contributed by atoms with Crippen molar-refractivity contribution in [2.24, 2.45) is 0 Å². The van der Waals surface area contributed by atoms with Crippen LogP contribution in [0.3, 0.4) is 0 Å². The van der Waals surface area contributed by atoms with Gasteiger partial charge < -0.3 is 4.90 Å². The van der Waals surface area contributed by atoms with Gasteiger partial charge in [-0.2, -0.15) is 0 Å². The van der Waals surface area contributed by atoms with Crippen LogP contribution in [-0.4, -0.2) is 0 Å². The summed E-state index contributed by atoms with van der Waals surface area (Å²) in [6.45, 7) is 4.80. The second-order valence-electron chi connectivity index (χ2n) is 17.1. The molecule has 1 nitrogen and oxygen atoms in total. The number of para-hydroxylation sites is 1. The molecule has 8 aromatic rings. The summed E-state index contributed by atoms with van der Waals surface area (Å²) >= 11 is 0. The van der Waals surface area contributed by atoms with E-state index in [1.807, 2.05) is 0 Å². The highest BCUT2D eigenvalue weighted by atomic mass is 15.1. The van der Waals surface area contributed by atoms with Gasteiger partial charge >= 0.3 is 0 Å². The minimum atomic E-state index is -0.148. The fraction of sp³-hybridized carbons (Fsp3) is 0.158. The molecule has 58 heavy (non-hydrogen) atoms. The number of nitrogens with zero attached hydrogens (tertiary/aromatic N) is 1. The van der Waals surface area contributed by atoms with E-state index in [4.69, 9.17) is 0 Å². The van der Waals surface area contributed by atoms with Crippen molar-refractivity contribution < 1.29 is 0 Å². The molecule has 0 bridgehead atoms. The van der Waals surface area contributed by atoms with Crippen LogP contribution in [0, 0.1) is 0 Å². The Bertz CT molecular complexity index is 2840. The second kappa shape index (κ2) is 13.6. The molecule has 1 heteroatoms. The monoisotopic (exact) mass is 745 g/mol. The van der Waals surface area contributed by atoms with E-state index in [0.29, 0.717) is 0 Å². The number of anilines is 3. The Morgan fingerprint density at radius 2 is 0.862 bits per heavy atom. The minimum absolute atomic E-state index is 0.0494. The number of hydrogen-bond acceptors (Lipinski definition) is 1. The lowest BCUT2D eigenvalue weighted by atomic mass is 9.68. The molecule has 0 aromatic heterocycles. The first-order valence-corrected chi connectivity index (χ1v) is 21.2. The summed E-state index contributed by atoms with van der Waals surface area (Å²) in [5.41, 5.74) is 22.2. The van der Waals surface area contributed by atoms with E-state index in [2.05, 4.69) is 207 Å². The van der Waals surface area contributed by atoms with E-state index in [1.54, 1.807) is 0 Å². The van der Waals surface area contributed by atoms with Crippen molar-refractivity contribution in [1.82, 2.24) is 0 Å². The molecule has 0 unspecified atom stereocenters. The van der Waals surface area contributed by atoms with Gasteiger partial charge in [0.15, 0.2) is 0 Å². The van der Waals surface area contributed by atoms with Gasteiger partial charge in [0, 0.05) is 27.8 Å². The van der Waals surface area contributed by atoms with Crippen molar-refractivity contribution in [2.75, 3.05) is 4.90 Å². The van der Waals surface area contributed by atoms with Gasteiger partial charge in [-0.1, -0.05) is 191 Å². The number of rotatable bonds is 6. The summed E-state index contributed by atoms with van der Waals surface area (Å²) in [5.74, 6) is 0. The third kappa shape index (κ3) is 5.30. The number of benzene rings is 8. The topological polar surface area (TPSA) is 3.24 Å². The summed E-state index contributed by atoms with van der Waals surface area (Å²) in [5, 5.41) is 0. The fourth-order valence-electron chi connectivity index (χ4n) is 11.1. The smallest absolute Gasteiger partial charge is 0.0540 e. The molecule has 0 N–H and O–H groups in total. The van der Waals surface area contributed by atoms with Gasteiger partial charge in [-0.05, 0) is 115 Å². The Labute approximate surface area is 343 Å². The van der Waals surface area contributed by atoms with Crippen molar-refractivity contribution in [1.29, 1.82) is 0 Å². The lowest BCUT2D eigenvalue weighted by Gasteiger charge is -2.37. The predicted molar refractivity (Wildman–Crippen MR) is 244 cm³/mol. The molecular weight excluding hydrogens is 699 g/mol. The fourth-order valence-corrected chi connectivity index (χ4v) is 11.1. The summed E-state index contributed by atoms with van der Waals surface area (Å²) < 4.78 is 0. The van der Waals surface area contributed by atoms with Crippen LogP contribution in [0.5, 0.6) is 0 Å². The van der Waals surface area contributed by atoms with Crippen LogP contribution in [0.2, 0.25) is 0 Å². The summed E-state index contributed by atoms with van der Waals surface area (Å²) in [6, 6.07) is 70.6. The zero-order chi connectivity index (χ0) is 38.8. The molecule has 8 aromatic carbocycles. The van der Waals surface area contributed by atoms with Crippen LogP contribution >= 0.6 is 0 Å². The molecule has 0 atom stereocenters. The van der Waals surface area contributed by atoms with E-state index in [-0.39, 0.29) is 10.8 Å². The van der Waals surface area contributed by atoms with Crippen LogP contribution in [0.4, 0.5) is 17.1 Å². The van der Waals surface area contributed by atoms with Crippen molar-refractivity contribution in [3.63, 3.8) is 0 Å². The van der Waals surface area contributed by atoms with E-state index in [9.17, 15) is 0 Å². The molecule has 11 rings (SSSR count). The molecule has 0 saturated heterocycles. The highest BCUT2D eigenvalue weighted by molar-refractivity contribution is 5.97. The molecule has 0 amide bonds. The first-order chi connectivity index (χ1) is 28.5. The van der Waals surface area contributed by atoms with Gasteiger partial charge in [0.25, 0.3) is 0 Å². The molecule has 1 fully saturated rings. The lowest BCUT2D eigenvalue weighted by molar-refractivity contribution is 0.353. The quantitative estimate of drug-likeness (QED) is 0.164. The highest BCUT2D eigenvalue weighted by Crippen LogP contribution is 2.58. The van der Waals surface area contributed by atoms with Crippen molar-refractivity contribution in [3.8, 4) is 55.6 Å². The van der Waals surface area contributed by atoms with Crippen LogP contribution in [0.1, 0.15) is 68.2 Å². The van der Waals surface area contributed by atoms with E-state index >= 15 is 0 Å². The minimum Gasteiger partial charge on any atom is -0.310 e. The van der Waals surface area contributed by atoms with Crippen LogP contribution in [0.25, 0.3) is 55.6 Å². The Balaban J connectivity index is 1.17.